The predicted molar refractivity (Wildman–Crippen MR) is 126 cm³/mol. The first-order valence-corrected chi connectivity index (χ1v) is 10.6. The fourth-order valence-electron chi connectivity index (χ4n) is 3.42. The lowest BCUT2D eigenvalue weighted by atomic mass is 10.1. The average Bonchev–Trinajstić information content (AvgIpc) is 3.01. The molecule has 0 fully saturated rings. The van der Waals surface area contributed by atoms with E-state index in [-0.39, 0.29) is 5.91 Å². The molecule has 3 aromatic carbocycles. The Morgan fingerprint density at radius 2 is 1.77 bits per heavy atom. The van der Waals surface area contributed by atoms with Crippen LogP contribution in [-0.4, -0.2) is 16.7 Å². The van der Waals surface area contributed by atoms with Gasteiger partial charge >= 0.3 is 0 Å². The maximum absolute atomic E-state index is 12.3. The number of carbonyl (C=O) groups is 1. The molecule has 4 rings (SSSR count). The maximum Gasteiger partial charge on any atom is 0.271 e. The first-order chi connectivity index (χ1) is 14.5. The highest BCUT2D eigenvalue weighted by Crippen LogP contribution is 2.26. The van der Waals surface area contributed by atoms with Crippen LogP contribution in [0.3, 0.4) is 0 Å². The molecule has 0 atom stereocenters. The number of amides is 1. The molecule has 0 spiro atoms. The molecular formula is C24H19BrClN3O. The van der Waals surface area contributed by atoms with Crippen LogP contribution in [0.15, 0.2) is 82.4 Å². The van der Waals surface area contributed by atoms with E-state index in [9.17, 15) is 4.79 Å². The third-order valence-electron chi connectivity index (χ3n) is 5.00. The van der Waals surface area contributed by atoms with Crippen molar-refractivity contribution in [2.45, 2.75) is 13.5 Å². The number of nitrogens with one attached hydrogen (secondary N) is 1. The quantitative estimate of drug-likeness (QED) is 0.269. The lowest BCUT2D eigenvalue weighted by Gasteiger charge is -2.09. The Hall–Kier alpha value is -2.89. The highest BCUT2D eigenvalue weighted by molar-refractivity contribution is 9.10. The van der Waals surface area contributed by atoms with E-state index in [2.05, 4.69) is 62.2 Å². The number of aromatic nitrogens is 1. The van der Waals surface area contributed by atoms with E-state index in [1.54, 1.807) is 30.5 Å². The first-order valence-electron chi connectivity index (χ1n) is 9.44. The second-order valence-corrected chi connectivity index (χ2v) is 8.29. The van der Waals surface area contributed by atoms with Crippen LogP contribution in [-0.2, 0) is 6.54 Å². The molecule has 30 heavy (non-hydrogen) atoms. The molecule has 6 heteroatoms. The number of benzene rings is 3. The second kappa shape index (κ2) is 8.86. The van der Waals surface area contributed by atoms with E-state index in [0.29, 0.717) is 10.6 Å². The normalized spacial score (nSPS) is 11.3. The van der Waals surface area contributed by atoms with Crippen LogP contribution in [0.25, 0.3) is 10.9 Å². The Bertz CT molecular complexity index is 1230. The summed E-state index contributed by atoms with van der Waals surface area (Å²) in [6.07, 6.45) is 1.71. The molecule has 1 aromatic heterocycles. The lowest BCUT2D eigenvalue weighted by Crippen LogP contribution is -2.17. The molecule has 150 valence electrons. The highest BCUT2D eigenvalue weighted by Gasteiger charge is 2.13. The fourth-order valence-corrected chi connectivity index (χ4v) is 3.81. The van der Waals surface area contributed by atoms with Crippen molar-refractivity contribution in [2.24, 2.45) is 5.10 Å². The van der Waals surface area contributed by atoms with Gasteiger partial charge in [0.1, 0.15) is 0 Å². The number of halogens is 2. The van der Waals surface area contributed by atoms with Gasteiger partial charge in [-0.15, -0.1) is 0 Å². The number of hydrogen-bond acceptors (Lipinski definition) is 2. The molecule has 4 nitrogen and oxygen atoms in total. The van der Waals surface area contributed by atoms with Crippen molar-refractivity contribution in [1.29, 1.82) is 0 Å². The Balaban J connectivity index is 1.61. The van der Waals surface area contributed by atoms with Crippen LogP contribution in [0.4, 0.5) is 0 Å². The summed E-state index contributed by atoms with van der Waals surface area (Å²) in [5.41, 5.74) is 7.51. The summed E-state index contributed by atoms with van der Waals surface area (Å²) in [5, 5.41) is 5.89. The summed E-state index contributed by atoms with van der Waals surface area (Å²) in [6, 6.07) is 23.2. The number of fused-ring (bicyclic) bond motifs is 1. The molecule has 0 radical (unpaired) electrons. The molecule has 0 aliphatic rings. The van der Waals surface area contributed by atoms with E-state index < -0.39 is 0 Å². The molecule has 1 amide bonds. The van der Waals surface area contributed by atoms with Crippen molar-refractivity contribution >= 4 is 50.6 Å². The van der Waals surface area contributed by atoms with Crippen LogP contribution in [0.1, 0.15) is 27.2 Å². The van der Waals surface area contributed by atoms with Gasteiger partial charge in [0.15, 0.2) is 0 Å². The summed E-state index contributed by atoms with van der Waals surface area (Å²) in [7, 11) is 0. The summed E-state index contributed by atoms with van der Waals surface area (Å²) in [6.45, 7) is 2.83. The molecule has 0 saturated heterocycles. The largest absolute Gasteiger partial charge is 0.340 e. The molecule has 0 aliphatic carbocycles. The molecule has 1 N–H and O–H groups in total. The van der Waals surface area contributed by atoms with Crippen molar-refractivity contribution < 1.29 is 4.79 Å². The van der Waals surface area contributed by atoms with Crippen LogP contribution in [0.2, 0.25) is 5.02 Å². The zero-order chi connectivity index (χ0) is 21.1. The van der Waals surface area contributed by atoms with E-state index in [1.807, 2.05) is 24.3 Å². The van der Waals surface area contributed by atoms with Gasteiger partial charge in [-0.25, -0.2) is 5.43 Å². The monoisotopic (exact) mass is 479 g/mol. The Morgan fingerprint density at radius 1 is 1.07 bits per heavy atom. The predicted octanol–water partition coefficient (Wildman–Crippen LogP) is 6.18. The minimum atomic E-state index is -0.279. The minimum absolute atomic E-state index is 0.279. The van der Waals surface area contributed by atoms with Gasteiger partial charge in [0.2, 0.25) is 0 Å². The van der Waals surface area contributed by atoms with Crippen LogP contribution in [0.5, 0.6) is 0 Å². The van der Waals surface area contributed by atoms with Crippen LogP contribution < -0.4 is 5.43 Å². The van der Waals surface area contributed by atoms with E-state index in [0.717, 1.165) is 33.2 Å². The van der Waals surface area contributed by atoms with Gasteiger partial charge in [-0.05, 0) is 55.0 Å². The smallest absolute Gasteiger partial charge is 0.271 e. The van der Waals surface area contributed by atoms with Gasteiger partial charge in [0.05, 0.1) is 6.21 Å². The minimum Gasteiger partial charge on any atom is -0.340 e. The summed E-state index contributed by atoms with van der Waals surface area (Å²) in [5.74, 6) is -0.279. The Morgan fingerprint density at radius 3 is 2.50 bits per heavy atom. The zero-order valence-corrected chi connectivity index (χ0v) is 18.6. The number of para-hydroxylation sites is 1. The van der Waals surface area contributed by atoms with Crippen LogP contribution in [0, 0.1) is 6.92 Å². The highest BCUT2D eigenvalue weighted by atomic mass is 79.9. The zero-order valence-electron chi connectivity index (χ0n) is 16.3. The number of nitrogens with zero attached hydrogens (tertiary/aromatic N) is 2. The molecule has 0 bridgehead atoms. The number of hydrazone groups is 1. The van der Waals surface area contributed by atoms with Crippen molar-refractivity contribution in [3.63, 3.8) is 0 Å². The van der Waals surface area contributed by atoms with Crippen molar-refractivity contribution in [1.82, 2.24) is 9.99 Å². The van der Waals surface area contributed by atoms with Gasteiger partial charge in [-0.2, -0.15) is 5.10 Å². The third kappa shape index (κ3) is 4.32. The van der Waals surface area contributed by atoms with Gasteiger partial charge in [-0.3, -0.25) is 4.79 Å². The van der Waals surface area contributed by atoms with Gasteiger partial charge < -0.3 is 4.57 Å². The standard InChI is InChI=1S/C24H19BrClN3O/c1-16-22(14-27-28-24(30)18-8-12-20(26)13-9-18)21-4-2-3-5-23(21)29(16)15-17-6-10-19(25)11-7-17/h2-14H,15H2,1H3,(H,28,30)/b27-14-. The molecule has 0 saturated carbocycles. The van der Waals surface area contributed by atoms with E-state index >= 15 is 0 Å². The average molecular weight is 481 g/mol. The summed E-state index contributed by atoms with van der Waals surface area (Å²) >= 11 is 9.36. The Kier molecular flexibility index (Phi) is 6.02. The fraction of sp³-hybridized carbons (Fsp3) is 0.0833. The van der Waals surface area contributed by atoms with Gasteiger partial charge in [0, 0.05) is 43.8 Å². The molecular weight excluding hydrogens is 462 g/mol. The molecule has 4 aromatic rings. The van der Waals surface area contributed by atoms with Crippen molar-refractivity contribution in [3.8, 4) is 0 Å². The second-order valence-electron chi connectivity index (χ2n) is 6.93. The SMILES string of the molecule is Cc1c(/C=N\NC(=O)c2ccc(Cl)cc2)c2ccccc2n1Cc1ccc(Br)cc1. The van der Waals surface area contributed by atoms with Crippen molar-refractivity contribution in [3.05, 3.63) is 105 Å². The summed E-state index contributed by atoms with van der Waals surface area (Å²) < 4.78 is 3.32. The molecule has 0 aliphatic heterocycles. The number of hydrogen-bond donors (Lipinski definition) is 1. The number of rotatable bonds is 5. The first kappa shape index (κ1) is 20.4. The van der Waals surface area contributed by atoms with E-state index in [1.165, 1.54) is 5.56 Å². The Labute approximate surface area is 188 Å². The van der Waals surface area contributed by atoms with Gasteiger partial charge in [-0.1, -0.05) is 57.9 Å². The molecule has 0 unspecified atom stereocenters. The lowest BCUT2D eigenvalue weighted by molar-refractivity contribution is 0.0955. The van der Waals surface area contributed by atoms with Gasteiger partial charge in [0.25, 0.3) is 5.91 Å². The molecule has 1 heterocycles. The number of carbonyl (C=O) groups excluding carboxylic acids is 1. The van der Waals surface area contributed by atoms with Crippen LogP contribution >= 0.6 is 27.5 Å². The van der Waals surface area contributed by atoms with Crippen molar-refractivity contribution in [2.75, 3.05) is 0 Å². The topological polar surface area (TPSA) is 46.4 Å². The maximum atomic E-state index is 12.3. The summed E-state index contributed by atoms with van der Waals surface area (Å²) in [4.78, 5) is 12.3. The van der Waals surface area contributed by atoms with E-state index in [4.69, 9.17) is 11.6 Å². The third-order valence-corrected chi connectivity index (χ3v) is 5.78.